The molecule has 0 saturated heterocycles. The van der Waals surface area contributed by atoms with E-state index in [2.05, 4.69) is 5.32 Å². The zero-order valence-electron chi connectivity index (χ0n) is 11.0. The van der Waals surface area contributed by atoms with Gasteiger partial charge in [0.15, 0.2) is 0 Å². The molecule has 1 aromatic carbocycles. The number of hydrogen-bond acceptors (Lipinski definition) is 3. The van der Waals surface area contributed by atoms with Gasteiger partial charge in [-0.2, -0.15) is 0 Å². The fourth-order valence-corrected chi connectivity index (χ4v) is 1.93. The zero-order chi connectivity index (χ0) is 13.3. The summed E-state index contributed by atoms with van der Waals surface area (Å²) in [6, 6.07) is 4.61. The molecular weight excluding hydrogens is 233 g/mol. The van der Waals surface area contributed by atoms with Gasteiger partial charge in [-0.05, 0) is 39.0 Å². The molecule has 0 saturated carbocycles. The quantitative estimate of drug-likeness (QED) is 0.861. The van der Waals surface area contributed by atoms with Crippen molar-refractivity contribution in [3.8, 4) is 5.75 Å². The standard InChI is InChI=1S/C14H20FNO2/c1-9(17)14(2,3)16-8-12-7-10-6-11(15)4-5-13(10)18-12/h4-6,9,12,16-17H,7-8H2,1-3H3. The molecule has 1 aromatic rings. The summed E-state index contributed by atoms with van der Waals surface area (Å²) in [7, 11) is 0. The Morgan fingerprint density at radius 1 is 1.56 bits per heavy atom. The highest BCUT2D eigenvalue weighted by Gasteiger charge is 2.28. The Morgan fingerprint density at radius 2 is 2.28 bits per heavy atom. The number of hydrogen-bond donors (Lipinski definition) is 2. The first kappa shape index (κ1) is 13.3. The number of ether oxygens (including phenoxy) is 1. The van der Waals surface area contributed by atoms with Gasteiger partial charge in [0.2, 0.25) is 0 Å². The van der Waals surface area contributed by atoms with Gasteiger partial charge in [0, 0.05) is 24.1 Å². The van der Waals surface area contributed by atoms with E-state index >= 15 is 0 Å². The minimum absolute atomic E-state index is 0.000162. The van der Waals surface area contributed by atoms with Crippen molar-refractivity contribution in [2.45, 2.75) is 44.9 Å². The molecular formula is C14H20FNO2. The lowest BCUT2D eigenvalue weighted by molar-refractivity contribution is 0.0873. The molecule has 2 rings (SSSR count). The zero-order valence-corrected chi connectivity index (χ0v) is 11.0. The molecule has 2 atom stereocenters. The molecule has 1 aliphatic heterocycles. The molecule has 0 amide bonds. The average Bonchev–Trinajstić information content (AvgIpc) is 2.68. The van der Waals surface area contributed by atoms with Crippen LogP contribution in [0.5, 0.6) is 5.75 Å². The number of benzene rings is 1. The molecule has 3 nitrogen and oxygen atoms in total. The maximum atomic E-state index is 13.1. The van der Waals surface area contributed by atoms with Gasteiger partial charge in [-0.15, -0.1) is 0 Å². The van der Waals surface area contributed by atoms with E-state index in [4.69, 9.17) is 4.74 Å². The molecule has 2 N–H and O–H groups in total. The molecule has 18 heavy (non-hydrogen) atoms. The summed E-state index contributed by atoms with van der Waals surface area (Å²) < 4.78 is 18.8. The lowest BCUT2D eigenvalue weighted by atomic mass is 9.98. The Hall–Kier alpha value is -1.13. The van der Waals surface area contributed by atoms with Crippen LogP contribution < -0.4 is 10.1 Å². The molecule has 4 heteroatoms. The van der Waals surface area contributed by atoms with E-state index < -0.39 is 6.10 Å². The van der Waals surface area contributed by atoms with Crippen LogP contribution in [0.3, 0.4) is 0 Å². The number of nitrogens with one attached hydrogen (secondary N) is 1. The van der Waals surface area contributed by atoms with E-state index in [-0.39, 0.29) is 17.5 Å². The van der Waals surface area contributed by atoms with Crippen molar-refractivity contribution in [3.63, 3.8) is 0 Å². The van der Waals surface area contributed by atoms with E-state index in [0.717, 1.165) is 11.3 Å². The topological polar surface area (TPSA) is 41.5 Å². The summed E-state index contributed by atoms with van der Waals surface area (Å²) in [5.41, 5.74) is 0.556. The van der Waals surface area contributed by atoms with Gasteiger partial charge in [-0.25, -0.2) is 4.39 Å². The molecule has 1 aliphatic rings. The third kappa shape index (κ3) is 2.82. The SMILES string of the molecule is CC(O)C(C)(C)NCC1Cc2cc(F)ccc2O1. The summed E-state index contributed by atoms with van der Waals surface area (Å²) in [4.78, 5) is 0. The van der Waals surface area contributed by atoms with Crippen LogP contribution in [0.4, 0.5) is 4.39 Å². The summed E-state index contributed by atoms with van der Waals surface area (Å²) in [5, 5.41) is 12.9. The minimum Gasteiger partial charge on any atom is -0.488 e. The number of fused-ring (bicyclic) bond motifs is 1. The maximum Gasteiger partial charge on any atom is 0.123 e. The van der Waals surface area contributed by atoms with E-state index in [9.17, 15) is 9.50 Å². The molecule has 1 heterocycles. The molecule has 0 aromatic heterocycles. The molecule has 2 unspecified atom stereocenters. The highest BCUT2D eigenvalue weighted by atomic mass is 19.1. The Kier molecular flexibility index (Phi) is 3.59. The van der Waals surface area contributed by atoms with Crippen molar-refractivity contribution in [3.05, 3.63) is 29.6 Å². The Bertz CT molecular complexity index is 432. The van der Waals surface area contributed by atoms with Crippen LogP contribution >= 0.6 is 0 Å². The predicted octanol–water partition coefficient (Wildman–Crippen LogP) is 1.88. The van der Waals surface area contributed by atoms with Crippen LogP contribution in [0.1, 0.15) is 26.3 Å². The smallest absolute Gasteiger partial charge is 0.123 e. The molecule has 100 valence electrons. The largest absolute Gasteiger partial charge is 0.488 e. The van der Waals surface area contributed by atoms with Gasteiger partial charge in [0.05, 0.1) is 6.10 Å². The van der Waals surface area contributed by atoms with E-state index in [1.54, 1.807) is 13.0 Å². The highest BCUT2D eigenvalue weighted by Crippen LogP contribution is 2.29. The van der Waals surface area contributed by atoms with Crippen LogP contribution in [0.25, 0.3) is 0 Å². The predicted molar refractivity (Wildman–Crippen MR) is 68.3 cm³/mol. The van der Waals surface area contributed by atoms with Crippen molar-refractivity contribution in [1.29, 1.82) is 0 Å². The fourth-order valence-electron chi connectivity index (χ4n) is 1.93. The second-order valence-corrected chi connectivity index (χ2v) is 5.47. The third-order valence-corrected chi connectivity index (χ3v) is 3.59. The molecule has 0 spiro atoms. The number of halogens is 1. The molecule has 0 aliphatic carbocycles. The second-order valence-electron chi connectivity index (χ2n) is 5.47. The molecule has 0 radical (unpaired) electrons. The van der Waals surface area contributed by atoms with Gasteiger partial charge in [0.1, 0.15) is 17.7 Å². The number of aliphatic hydroxyl groups excluding tert-OH is 1. The first-order valence-corrected chi connectivity index (χ1v) is 6.26. The van der Waals surface area contributed by atoms with Crippen LogP contribution in [0.15, 0.2) is 18.2 Å². The molecule has 0 bridgehead atoms. The van der Waals surface area contributed by atoms with Crippen molar-refractivity contribution in [1.82, 2.24) is 5.32 Å². The summed E-state index contributed by atoms with van der Waals surface area (Å²) in [6.45, 7) is 6.28. The van der Waals surface area contributed by atoms with E-state index in [0.29, 0.717) is 13.0 Å². The van der Waals surface area contributed by atoms with E-state index in [1.807, 2.05) is 13.8 Å². The van der Waals surface area contributed by atoms with Gasteiger partial charge in [-0.1, -0.05) is 0 Å². The Morgan fingerprint density at radius 3 is 2.94 bits per heavy atom. The third-order valence-electron chi connectivity index (χ3n) is 3.59. The number of aliphatic hydroxyl groups is 1. The van der Waals surface area contributed by atoms with Gasteiger partial charge >= 0.3 is 0 Å². The summed E-state index contributed by atoms with van der Waals surface area (Å²) in [6.07, 6.45) is 0.259. The van der Waals surface area contributed by atoms with E-state index in [1.165, 1.54) is 12.1 Å². The van der Waals surface area contributed by atoms with Crippen LogP contribution in [0.2, 0.25) is 0 Å². The highest BCUT2D eigenvalue weighted by molar-refractivity contribution is 5.37. The summed E-state index contributed by atoms with van der Waals surface area (Å²) >= 11 is 0. The first-order valence-electron chi connectivity index (χ1n) is 6.26. The van der Waals surface area contributed by atoms with Crippen molar-refractivity contribution in [2.24, 2.45) is 0 Å². The van der Waals surface area contributed by atoms with Crippen molar-refractivity contribution < 1.29 is 14.2 Å². The Balaban J connectivity index is 1.92. The average molecular weight is 253 g/mol. The van der Waals surface area contributed by atoms with Crippen LogP contribution in [-0.2, 0) is 6.42 Å². The number of rotatable bonds is 4. The fraction of sp³-hybridized carbons (Fsp3) is 0.571. The normalized spacial score (nSPS) is 20.4. The lowest BCUT2D eigenvalue weighted by Crippen LogP contribution is -2.51. The van der Waals surface area contributed by atoms with Gasteiger partial charge < -0.3 is 15.2 Å². The van der Waals surface area contributed by atoms with Crippen LogP contribution in [-0.4, -0.2) is 29.4 Å². The Labute approximate surface area is 107 Å². The monoisotopic (exact) mass is 253 g/mol. The first-order chi connectivity index (χ1) is 8.38. The maximum absolute atomic E-state index is 13.1. The molecule has 0 fully saturated rings. The minimum atomic E-state index is -0.446. The van der Waals surface area contributed by atoms with Crippen molar-refractivity contribution >= 4 is 0 Å². The second kappa shape index (κ2) is 4.86. The van der Waals surface area contributed by atoms with Gasteiger partial charge in [-0.3, -0.25) is 0 Å². The lowest BCUT2D eigenvalue weighted by Gasteiger charge is -2.30. The van der Waals surface area contributed by atoms with Crippen molar-refractivity contribution in [2.75, 3.05) is 6.54 Å². The summed E-state index contributed by atoms with van der Waals surface area (Å²) in [5.74, 6) is 0.535. The van der Waals surface area contributed by atoms with Crippen LogP contribution in [0, 0.1) is 5.82 Å². The van der Waals surface area contributed by atoms with Gasteiger partial charge in [0.25, 0.3) is 0 Å².